The van der Waals surface area contributed by atoms with Crippen LogP contribution >= 0.6 is 0 Å². The van der Waals surface area contributed by atoms with Crippen LogP contribution in [0.3, 0.4) is 0 Å². The Hall–Kier alpha value is -3.74. The Morgan fingerprint density at radius 2 is 1.97 bits per heavy atom. The van der Waals surface area contributed by atoms with Gasteiger partial charge >= 0.3 is 0 Å². The third kappa shape index (κ3) is 4.24. The molecule has 0 aliphatic rings. The minimum atomic E-state index is -0.714. The summed E-state index contributed by atoms with van der Waals surface area (Å²) in [5.74, 6) is -1.45. The lowest BCUT2D eigenvalue weighted by molar-refractivity contribution is 0.102. The van der Waals surface area contributed by atoms with Gasteiger partial charge in [-0.15, -0.1) is 0 Å². The molecule has 2 aromatic heterocycles. The molecular weight excluding hydrogens is 376 g/mol. The predicted octanol–water partition coefficient (Wildman–Crippen LogP) is 4.75. The summed E-state index contributed by atoms with van der Waals surface area (Å²) in [5, 5.41) is 2.37. The first-order chi connectivity index (χ1) is 14.0. The van der Waals surface area contributed by atoms with E-state index >= 15 is 0 Å². The molecule has 146 valence electrons. The van der Waals surface area contributed by atoms with Crippen LogP contribution in [0.1, 0.15) is 21.6 Å². The maximum Gasteiger partial charge on any atom is 0.255 e. The minimum Gasteiger partial charge on any atom is -0.487 e. The zero-order chi connectivity index (χ0) is 20.4. The number of aryl methyl sites for hydroxylation is 1. The van der Waals surface area contributed by atoms with Crippen LogP contribution in [0.4, 0.5) is 14.5 Å². The molecule has 1 amide bonds. The molecule has 2 heterocycles. The van der Waals surface area contributed by atoms with E-state index in [1.54, 1.807) is 18.2 Å². The molecule has 0 radical (unpaired) electrons. The Balaban J connectivity index is 1.46. The van der Waals surface area contributed by atoms with E-state index < -0.39 is 17.5 Å². The third-order valence-corrected chi connectivity index (χ3v) is 4.31. The molecule has 0 unspecified atom stereocenters. The number of ether oxygens (including phenoxy) is 1. The van der Waals surface area contributed by atoms with Gasteiger partial charge in [0.2, 0.25) is 0 Å². The molecule has 0 aliphatic heterocycles. The lowest BCUT2D eigenvalue weighted by atomic mass is 10.2. The molecule has 4 aromatic rings. The number of nitrogens with zero attached hydrogens (tertiary/aromatic N) is 2. The summed E-state index contributed by atoms with van der Waals surface area (Å²) in [6, 6.07) is 13.2. The van der Waals surface area contributed by atoms with Crippen molar-refractivity contribution in [2.45, 2.75) is 13.5 Å². The maximum atomic E-state index is 13.7. The van der Waals surface area contributed by atoms with Crippen LogP contribution in [0.5, 0.6) is 5.75 Å². The number of carbonyl (C=O) groups excluding carboxylic acids is 1. The number of benzene rings is 2. The lowest BCUT2D eigenvalue weighted by Crippen LogP contribution is -2.13. The Kier molecular flexibility index (Phi) is 4.95. The Morgan fingerprint density at radius 1 is 1.10 bits per heavy atom. The van der Waals surface area contributed by atoms with Crippen molar-refractivity contribution in [2.24, 2.45) is 0 Å². The summed E-state index contributed by atoms with van der Waals surface area (Å²) >= 11 is 0. The highest BCUT2D eigenvalue weighted by atomic mass is 19.1. The van der Waals surface area contributed by atoms with Crippen LogP contribution in [0.2, 0.25) is 0 Å². The van der Waals surface area contributed by atoms with Crippen LogP contribution in [-0.2, 0) is 6.61 Å². The van der Waals surface area contributed by atoms with Gasteiger partial charge in [0.15, 0.2) is 0 Å². The van der Waals surface area contributed by atoms with Gasteiger partial charge in [-0.1, -0.05) is 12.1 Å². The predicted molar refractivity (Wildman–Crippen MR) is 105 cm³/mol. The number of rotatable bonds is 5. The molecule has 7 heteroatoms. The molecule has 4 rings (SSSR count). The lowest BCUT2D eigenvalue weighted by Gasteiger charge is -2.09. The molecule has 0 fully saturated rings. The van der Waals surface area contributed by atoms with E-state index in [0.29, 0.717) is 5.75 Å². The van der Waals surface area contributed by atoms with Gasteiger partial charge in [0, 0.05) is 24.0 Å². The Bertz CT molecular complexity index is 1200. The van der Waals surface area contributed by atoms with Crippen molar-refractivity contribution in [1.82, 2.24) is 9.38 Å². The molecule has 29 heavy (non-hydrogen) atoms. The second kappa shape index (κ2) is 7.71. The second-order valence-corrected chi connectivity index (χ2v) is 6.60. The fraction of sp³-hybridized carbons (Fsp3) is 0.0909. The monoisotopic (exact) mass is 393 g/mol. The number of fused-ring (bicyclic) bond motifs is 1. The Labute approximate surface area is 165 Å². The zero-order valence-corrected chi connectivity index (χ0v) is 15.5. The van der Waals surface area contributed by atoms with Crippen molar-refractivity contribution in [2.75, 3.05) is 5.32 Å². The first-order valence-corrected chi connectivity index (χ1v) is 8.91. The summed E-state index contributed by atoms with van der Waals surface area (Å²) in [6.45, 7) is 2.23. The number of carbonyl (C=O) groups is 1. The van der Waals surface area contributed by atoms with E-state index in [4.69, 9.17) is 4.74 Å². The molecular formula is C22H17F2N3O2. The van der Waals surface area contributed by atoms with Crippen molar-refractivity contribution >= 4 is 17.2 Å². The highest BCUT2D eigenvalue weighted by Gasteiger charge is 2.11. The van der Waals surface area contributed by atoms with Crippen LogP contribution in [0.25, 0.3) is 5.65 Å². The molecule has 0 spiro atoms. The number of imidazole rings is 1. The highest BCUT2D eigenvalue weighted by molar-refractivity contribution is 6.04. The number of aromatic nitrogens is 2. The van der Waals surface area contributed by atoms with Crippen molar-refractivity contribution in [3.05, 3.63) is 95.4 Å². The van der Waals surface area contributed by atoms with Gasteiger partial charge in [0.1, 0.15) is 29.6 Å². The van der Waals surface area contributed by atoms with Crippen molar-refractivity contribution in [1.29, 1.82) is 0 Å². The van der Waals surface area contributed by atoms with E-state index in [0.717, 1.165) is 35.1 Å². The summed E-state index contributed by atoms with van der Waals surface area (Å²) in [7, 11) is 0. The average Bonchev–Trinajstić information content (AvgIpc) is 3.11. The summed E-state index contributed by atoms with van der Waals surface area (Å²) < 4.78 is 34.7. The third-order valence-electron chi connectivity index (χ3n) is 4.31. The first-order valence-electron chi connectivity index (χ1n) is 8.91. The first kappa shape index (κ1) is 18.6. The molecule has 5 nitrogen and oxygen atoms in total. The number of halogens is 2. The minimum absolute atomic E-state index is 0.221. The van der Waals surface area contributed by atoms with E-state index in [2.05, 4.69) is 10.3 Å². The molecule has 0 aliphatic carbocycles. The number of hydrogen-bond acceptors (Lipinski definition) is 3. The van der Waals surface area contributed by atoms with E-state index in [-0.39, 0.29) is 17.9 Å². The fourth-order valence-corrected chi connectivity index (χ4v) is 2.90. The van der Waals surface area contributed by atoms with Crippen LogP contribution in [0.15, 0.2) is 67.0 Å². The van der Waals surface area contributed by atoms with Crippen LogP contribution in [0, 0.1) is 18.6 Å². The fourth-order valence-electron chi connectivity index (χ4n) is 2.90. The number of hydrogen-bond donors (Lipinski definition) is 1. The van der Waals surface area contributed by atoms with Gasteiger partial charge in [-0.05, 0) is 48.9 Å². The normalized spacial score (nSPS) is 10.9. The van der Waals surface area contributed by atoms with Crippen LogP contribution in [-0.4, -0.2) is 15.3 Å². The zero-order valence-electron chi connectivity index (χ0n) is 15.5. The molecule has 0 bridgehead atoms. The second-order valence-electron chi connectivity index (χ2n) is 6.60. The number of amides is 1. The highest BCUT2D eigenvalue weighted by Crippen LogP contribution is 2.19. The molecule has 0 saturated carbocycles. The van der Waals surface area contributed by atoms with Gasteiger partial charge in [0.05, 0.1) is 11.4 Å². The summed E-state index contributed by atoms with van der Waals surface area (Å²) in [5.41, 5.74) is 2.72. The van der Waals surface area contributed by atoms with Crippen molar-refractivity contribution in [3.63, 3.8) is 0 Å². The van der Waals surface area contributed by atoms with E-state index in [9.17, 15) is 13.6 Å². The Morgan fingerprint density at radius 3 is 2.83 bits per heavy atom. The molecule has 2 aromatic carbocycles. The molecule has 1 N–H and O–H groups in total. The summed E-state index contributed by atoms with van der Waals surface area (Å²) in [4.78, 5) is 16.9. The van der Waals surface area contributed by atoms with Crippen LogP contribution < -0.4 is 10.1 Å². The van der Waals surface area contributed by atoms with Gasteiger partial charge in [-0.2, -0.15) is 0 Å². The SMILES string of the molecule is Cc1ccc2nc(COc3cccc(C(=O)Nc4cc(F)ccc4F)c3)cn2c1. The number of nitrogens with one attached hydrogen (secondary N) is 1. The van der Waals surface area contributed by atoms with Crippen molar-refractivity contribution in [3.8, 4) is 5.75 Å². The molecule has 0 saturated heterocycles. The van der Waals surface area contributed by atoms with E-state index in [1.165, 1.54) is 6.07 Å². The van der Waals surface area contributed by atoms with Gasteiger partial charge in [-0.25, -0.2) is 13.8 Å². The van der Waals surface area contributed by atoms with Gasteiger partial charge in [0.25, 0.3) is 5.91 Å². The van der Waals surface area contributed by atoms with E-state index in [1.807, 2.05) is 35.9 Å². The summed E-state index contributed by atoms with van der Waals surface area (Å²) in [6.07, 6.45) is 3.86. The van der Waals surface area contributed by atoms with Crippen molar-refractivity contribution < 1.29 is 18.3 Å². The van der Waals surface area contributed by atoms with Gasteiger partial charge in [-0.3, -0.25) is 4.79 Å². The largest absolute Gasteiger partial charge is 0.487 e. The number of anilines is 1. The standard InChI is InChI=1S/C22H17F2N3O2/c1-14-5-8-21-25-17(12-27(21)11-14)13-29-18-4-2-3-15(9-18)22(28)26-20-10-16(23)6-7-19(20)24/h2-12H,13H2,1H3,(H,26,28). The van der Waals surface area contributed by atoms with Gasteiger partial charge < -0.3 is 14.5 Å². The average molecular weight is 393 g/mol. The topological polar surface area (TPSA) is 55.6 Å². The molecule has 0 atom stereocenters. The smallest absolute Gasteiger partial charge is 0.255 e. The number of pyridine rings is 1. The quantitative estimate of drug-likeness (QED) is 0.532. The maximum absolute atomic E-state index is 13.7.